The number of rotatable bonds is 7. The van der Waals surface area contributed by atoms with E-state index in [1.54, 1.807) is 30.3 Å². The van der Waals surface area contributed by atoms with Gasteiger partial charge in [-0.1, -0.05) is 24.3 Å². The van der Waals surface area contributed by atoms with E-state index in [-0.39, 0.29) is 19.7 Å². The lowest BCUT2D eigenvalue weighted by Crippen LogP contribution is -2.40. The van der Waals surface area contributed by atoms with Crippen LogP contribution in [0.4, 0.5) is 18.9 Å². The first-order chi connectivity index (χ1) is 13.2. The van der Waals surface area contributed by atoms with E-state index in [0.717, 1.165) is 5.56 Å². The van der Waals surface area contributed by atoms with Gasteiger partial charge in [0.1, 0.15) is 5.75 Å². The number of nitrogens with one attached hydrogen (secondary N) is 1. The maximum Gasteiger partial charge on any atom is 0.471 e. The summed E-state index contributed by atoms with van der Waals surface area (Å²) in [6, 6.07) is 13.6. The molecule has 28 heavy (non-hydrogen) atoms. The van der Waals surface area contributed by atoms with Crippen LogP contribution in [-0.2, 0) is 16.1 Å². The van der Waals surface area contributed by atoms with Crippen LogP contribution in [-0.4, -0.2) is 36.0 Å². The quantitative estimate of drug-likeness (QED) is 0.774. The summed E-state index contributed by atoms with van der Waals surface area (Å²) in [5.41, 5.74) is 1.88. The second-order valence-electron chi connectivity index (χ2n) is 6.17. The van der Waals surface area contributed by atoms with E-state index in [9.17, 15) is 22.8 Å². The predicted molar refractivity (Wildman–Crippen MR) is 98.9 cm³/mol. The first-order valence-electron chi connectivity index (χ1n) is 8.63. The molecule has 150 valence electrons. The van der Waals surface area contributed by atoms with Crippen LogP contribution in [0.15, 0.2) is 48.5 Å². The van der Waals surface area contributed by atoms with Crippen LogP contribution >= 0.6 is 0 Å². The molecule has 5 nitrogen and oxygen atoms in total. The molecule has 0 radical (unpaired) electrons. The fraction of sp³-hybridized carbons (Fsp3) is 0.300. The number of amides is 2. The molecule has 0 fully saturated rings. The number of aryl methyl sites for hydroxylation is 1. The molecule has 2 rings (SSSR count). The van der Waals surface area contributed by atoms with Crippen molar-refractivity contribution in [3.8, 4) is 5.75 Å². The van der Waals surface area contributed by atoms with Gasteiger partial charge in [0, 0.05) is 18.8 Å². The van der Waals surface area contributed by atoms with Gasteiger partial charge in [0.2, 0.25) is 0 Å². The Hall–Kier alpha value is -3.03. The molecular formula is C20H21F3N2O3. The van der Waals surface area contributed by atoms with Crippen molar-refractivity contribution < 1.29 is 27.5 Å². The van der Waals surface area contributed by atoms with Gasteiger partial charge in [-0.05, 0) is 49.2 Å². The van der Waals surface area contributed by atoms with Crippen molar-refractivity contribution in [2.75, 3.05) is 18.5 Å². The summed E-state index contributed by atoms with van der Waals surface area (Å²) >= 11 is 0. The van der Waals surface area contributed by atoms with E-state index in [4.69, 9.17) is 4.74 Å². The highest BCUT2D eigenvalue weighted by Gasteiger charge is 2.41. The Labute approximate surface area is 161 Å². The van der Waals surface area contributed by atoms with Gasteiger partial charge in [-0.2, -0.15) is 13.2 Å². The third-order valence-corrected chi connectivity index (χ3v) is 3.86. The number of benzene rings is 2. The fourth-order valence-corrected chi connectivity index (χ4v) is 2.53. The van der Waals surface area contributed by atoms with Gasteiger partial charge in [-0.3, -0.25) is 9.59 Å². The Kier molecular flexibility index (Phi) is 7.03. The fourth-order valence-electron chi connectivity index (χ4n) is 2.53. The molecule has 1 N–H and O–H groups in total. The first kappa shape index (κ1) is 21.3. The number of carbonyl (C=O) groups excluding carboxylic acids is 2. The predicted octanol–water partition coefficient (Wildman–Crippen LogP) is 3.92. The average Bonchev–Trinajstić information content (AvgIpc) is 2.63. The molecule has 0 saturated carbocycles. The van der Waals surface area contributed by atoms with Crippen molar-refractivity contribution in [1.29, 1.82) is 0 Å². The van der Waals surface area contributed by atoms with Gasteiger partial charge in [0.25, 0.3) is 5.91 Å². The number of halogens is 3. The Bertz CT molecular complexity index is 837. The van der Waals surface area contributed by atoms with Crippen LogP contribution in [0.5, 0.6) is 5.75 Å². The van der Waals surface area contributed by atoms with E-state index in [1.165, 1.54) is 13.0 Å². The zero-order chi connectivity index (χ0) is 20.7. The minimum absolute atomic E-state index is 0.0841. The van der Waals surface area contributed by atoms with Gasteiger partial charge in [0.15, 0.2) is 6.61 Å². The molecule has 0 aromatic heterocycles. The van der Waals surface area contributed by atoms with Crippen molar-refractivity contribution >= 4 is 17.5 Å². The van der Waals surface area contributed by atoms with Crippen LogP contribution in [0, 0.1) is 6.92 Å². The maximum absolute atomic E-state index is 12.6. The molecule has 0 aliphatic heterocycles. The second-order valence-corrected chi connectivity index (χ2v) is 6.17. The number of anilines is 1. The summed E-state index contributed by atoms with van der Waals surface area (Å²) < 4.78 is 43.3. The molecule has 0 heterocycles. The molecule has 2 aromatic carbocycles. The first-order valence-corrected chi connectivity index (χ1v) is 8.63. The molecule has 0 unspecified atom stereocenters. The lowest BCUT2D eigenvalue weighted by molar-refractivity contribution is -0.185. The summed E-state index contributed by atoms with van der Waals surface area (Å²) in [6.07, 6.45) is -4.92. The highest BCUT2D eigenvalue weighted by atomic mass is 19.4. The molecule has 8 heteroatoms. The minimum Gasteiger partial charge on any atom is -0.484 e. The van der Waals surface area contributed by atoms with Crippen molar-refractivity contribution in [3.63, 3.8) is 0 Å². The van der Waals surface area contributed by atoms with Crippen LogP contribution in [0.3, 0.4) is 0 Å². The van der Waals surface area contributed by atoms with Crippen molar-refractivity contribution in [1.82, 2.24) is 4.90 Å². The summed E-state index contributed by atoms with van der Waals surface area (Å²) in [5.74, 6) is -1.73. The van der Waals surface area contributed by atoms with Crippen molar-refractivity contribution in [2.24, 2.45) is 0 Å². The van der Waals surface area contributed by atoms with Crippen molar-refractivity contribution in [3.05, 3.63) is 59.7 Å². The number of alkyl halides is 3. The molecule has 2 amide bonds. The second kappa shape index (κ2) is 9.25. The Balaban J connectivity index is 1.96. The minimum atomic E-state index is -4.92. The van der Waals surface area contributed by atoms with Crippen LogP contribution < -0.4 is 10.1 Å². The standard InChI is InChI=1S/C20H21F3N2O3/c1-3-25(19(27)20(21,22)23)12-15-7-5-8-16(11-15)24-18(26)13-28-17-9-4-6-14(2)10-17/h4-11H,3,12-13H2,1-2H3,(H,24,26). The number of hydrogen-bond donors (Lipinski definition) is 1. The van der Waals surface area contributed by atoms with Crippen LogP contribution in [0.2, 0.25) is 0 Å². The number of ether oxygens (including phenoxy) is 1. The summed E-state index contributed by atoms with van der Waals surface area (Å²) in [4.78, 5) is 24.2. The van der Waals surface area contributed by atoms with Gasteiger partial charge >= 0.3 is 12.1 Å². The SMILES string of the molecule is CCN(Cc1cccc(NC(=O)COc2cccc(C)c2)c1)C(=O)C(F)(F)F. The van der Waals surface area contributed by atoms with E-state index in [0.29, 0.717) is 21.9 Å². The highest BCUT2D eigenvalue weighted by molar-refractivity contribution is 5.92. The van der Waals surface area contributed by atoms with Gasteiger partial charge in [-0.15, -0.1) is 0 Å². The summed E-state index contributed by atoms with van der Waals surface area (Å²) in [6.45, 7) is 2.87. The average molecular weight is 394 g/mol. The molecule has 0 spiro atoms. The van der Waals surface area contributed by atoms with Crippen LogP contribution in [0.1, 0.15) is 18.1 Å². The summed E-state index contributed by atoms with van der Waals surface area (Å²) in [7, 11) is 0. The van der Waals surface area contributed by atoms with E-state index in [2.05, 4.69) is 5.32 Å². The number of nitrogens with zero attached hydrogens (tertiary/aromatic N) is 1. The molecule has 0 aliphatic rings. The zero-order valence-electron chi connectivity index (χ0n) is 15.5. The zero-order valence-corrected chi connectivity index (χ0v) is 15.5. The van der Waals surface area contributed by atoms with E-state index in [1.807, 2.05) is 19.1 Å². The number of carbonyl (C=O) groups is 2. The molecular weight excluding hydrogens is 373 g/mol. The topological polar surface area (TPSA) is 58.6 Å². The monoisotopic (exact) mass is 394 g/mol. The van der Waals surface area contributed by atoms with Crippen molar-refractivity contribution in [2.45, 2.75) is 26.6 Å². The lowest BCUT2D eigenvalue weighted by Gasteiger charge is -2.22. The smallest absolute Gasteiger partial charge is 0.471 e. The highest BCUT2D eigenvalue weighted by Crippen LogP contribution is 2.21. The van der Waals surface area contributed by atoms with E-state index >= 15 is 0 Å². The Morgan fingerprint density at radius 2 is 1.82 bits per heavy atom. The lowest BCUT2D eigenvalue weighted by atomic mass is 10.2. The molecule has 0 saturated heterocycles. The third-order valence-electron chi connectivity index (χ3n) is 3.86. The molecule has 0 aliphatic carbocycles. The number of hydrogen-bond acceptors (Lipinski definition) is 3. The summed E-state index contributed by atoms with van der Waals surface area (Å²) in [5, 5.41) is 2.63. The molecule has 0 atom stereocenters. The van der Waals surface area contributed by atoms with Gasteiger partial charge in [-0.25, -0.2) is 0 Å². The van der Waals surface area contributed by atoms with Gasteiger partial charge in [0.05, 0.1) is 0 Å². The van der Waals surface area contributed by atoms with Gasteiger partial charge < -0.3 is 15.0 Å². The molecule has 2 aromatic rings. The Morgan fingerprint density at radius 1 is 1.11 bits per heavy atom. The maximum atomic E-state index is 12.6. The van der Waals surface area contributed by atoms with Crippen LogP contribution in [0.25, 0.3) is 0 Å². The van der Waals surface area contributed by atoms with E-state index < -0.39 is 18.0 Å². The molecule has 0 bridgehead atoms. The Morgan fingerprint density at radius 3 is 2.46 bits per heavy atom. The normalized spacial score (nSPS) is 11.0. The largest absolute Gasteiger partial charge is 0.484 e. The third kappa shape index (κ3) is 6.29.